The zero-order chi connectivity index (χ0) is 16.9. The highest BCUT2D eigenvalue weighted by molar-refractivity contribution is 9.10. The van der Waals surface area contributed by atoms with E-state index in [4.69, 9.17) is 4.42 Å². The summed E-state index contributed by atoms with van der Waals surface area (Å²) in [6.07, 6.45) is 1.70. The topological polar surface area (TPSA) is 60.7 Å². The molecule has 0 unspecified atom stereocenters. The predicted molar refractivity (Wildman–Crippen MR) is 96.5 cm³/mol. The maximum Gasteiger partial charge on any atom is 0.136 e. The molecular weight excluding hydrogens is 364 g/mol. The fourth-order valence-electron chi connectivity index (χ4n) is 2.32. The third-order valence-corrected chi connectivity index (χ3v) is 4.03. The van der Waals surface area contributed by atoms with Gasteiger partial charge in [0.25, 0.3) is 0 Å². The number of hydrogen-bond donors (Lipinski definition) is 0. The molecule has 0 spiro atoms. The van der Waals surface area contributed by atoms with Crippen molar-refractivity contribution in [1.29, 1.82) is 10.5 Å². The van der Waals surface area contributed by atoms with Crippen LogP contribution >= 0.6 is 15.9 Å². The molecule has 0 aliphatic rings. The Morgan fingerprint density at radius 1 is 0.958 bits per heavy atom. The number of nitrogens with zero attached hydrogens (tertiary/aromatic N) is 2. The van der Waals surface area contributed by atoms with Crippen molar-refractivity contribution in [3.8, 4) is 23.5 Å². The van der Waals surface area contributed by atoms with Gasteiger partial charge in [-0.3, -0.25) is 0 Å². The number of furan rings is 1. The maximum atomic E-state index is 9.40. The summed E-state index contributed by atoms with van der Waals surface area (Å²) in [5.74, 6) is 1.17. The first kappa shape index (κ1) is 15.8. The second-order valence-electron chi connectivity index (χ2n) is 5.04. The highest BCUT2D eigenvalue weighted by Crippen LogP contribution is 2.27. The summed E-state index contributed by atoms with van der Waals surface area (Å²) in [7, 11) is 0. The van der Waals surface area contributed by atoms with E-state index in [1.54, 1.807) is 24.3 Å². The SMILES string of the molecule is N#CC(=Cc1ccc(-c2ccccc2C#N)o1)c1ccc(Br)cc1. The second-order valence-corrected chi connectivity index (χ2v) is 5.95. The highest BCUT2D eigenvalue weighted by atomic mass is 79.9. The molecule has 2 aromatic carbocycles. The Balaban J connectivity index is 1.97. The lowest BCUT2D eigenvalue weighted by atomic mass is 10.1. The summed E-state index contributed by atoms with van der Waals surface area (Å²) in [5.41, 5.74) is 2.62. The molecule has 1 aromatic heterocycles. The van der Waals surface area contributed by atoms with Gasteiger partial charge in [-0.25, -0.2) is 0 Å². The van der Waals surface area contributed by atoms with Crippen LogP contribution in [0.1, 0.15) is 16.9 Å². The first-order chi connectivity index (χ1) is 11.7. The van der Waals surface area contributed by atoms with Gasteiger partial charge in [0.15, 0.2) is 0 Å². The van der Waals surface area contributed by atoms with Gasteiger partial charge in [0.1, 0.15) is 11.5 Å². The van der Waals surface area contributed by atoms with Gasteiger partial charge in [0.05, 0.1) is 23.3 Å². The Hall–Kier alpha value is -3.08. The van der Waals surface area contributed by atoms with Gasteiger partial charge in [-0.15, -0.1) is 0 Å². The number of nitriles is 2. The summed E-state index contributed by atoms with van der Waals surface area (Å²) in [5, 5.41) is 18.6. The minimum atomic E-state index is 0.511. The normalized spacial score (nSPS) is 10.9. The molecule has 24 heavy (non-hydrogen) atoms. The average molecular weight is 375 g/mol. The Kier molecular flexibility index (Phi) is 4.61. The zero-order valence-corrected chi connectivity index (χ0v) is 14.1. The summed E-state index contributed by atoms with van der Waals surface area (Å²) in [6, 6.07) is 22.7. The van der Waals surface area contributed by atoms with Crippen LogP contribution in [0.2, 0.25) is 0 Å². The Labute approximate surface area is 148 Å². The molecule has 0 N–H and O–H groups in total. The van der Waals surface area contributed by atoms with Crippen molar-refractivity contribution in [3.05, 3.63) is 82.0 Å². The molecule has 114 valence electrons. The molecular formula is C20H11BrN2O. The maximum absolute atomic E-state index is 9.40. The summed E-state index contributed by atoms with van der Waals surface area (Å²) in [6.45, 7) is 0. The fourth-order valence-corrected chi connectivity index (χ4v) is 2.59. The molecule has 0 aliphatic heterocycles. The van der Waals surface area contributed by atoms with Crippen LogP contribution in [-0.4, -0.2) is 0 Å². The fraction of sp³-hybridized carbons (Fsp3) is 0. The van der Waals surface area contributed by atoms with E-state index in [0.717, 1.165) is 15.6 Å². The number of hydrogen-bond acceptors (Lipinski definition) is 3. The number of allylic oxidation sites excluding steroid dienone is 1. The van der Waals surface area contributed by atoms with Gasteiger partial charge in [-0.2, -0.15) is 10.5 Å². The van der Waals surface area contributed by atoms with Crippen LogP contribution in [0.3, 0.4) is 0 Å². The van der Waals surface area contributed by atoms with Gasteiger partial charge >= 0.3 is 0 Å². The zero-order valence-electron chi connectivity index (χ0n) is 12.5. The molecule has 3 rings (SSSR count). The van der Waals surface area contributed by atoms with E-state index >= 15 is 0 Å². The van der Waals surface area contributed by atoms with Crippen LogP contribution in [-0.2, 0) is 0 Å². The van der Waals surface area contributed by atoms with E-state index in [1.807, 2.05) is 42.5 Å². The largest absolute Gasteiger partial charge is 0.457 e. The first-order valence-electron chi connectivity index (χ1n) is 7.18. The molecule has 0 bridgehead atoms. The monoisotopic (exact) mass is 374 g/mol. The molecule has 0 saturated carbocycles. The molecule has 1 heterocycles. The number of halogens is 1. The summed E-state index contributed by atoms with van der Waals surface area (Å²) < 4.78 is 6.76. The van der Waals surface area contributed by atoms with Crippen molar-refractivity contribution >= 4 is 27.6 Å². The molecule has 0 aliphatic carbocycles. The van der Waals surface area contributed by atoms with E-state index in [2.05, 4.69) is 28.1 Å². The van der Waals surface area contributed by atoms with Crippen molar-refractivity contribution in [2.45, 2.75) is 0 Å². The van der Waals surface area contributed by atoms with Gasteiger partial charge < -0.3 is 4.42 Å². The lowest BCUT2D eigenvalue weighted by Gasteiger charge is -2.00. The molecule has 3 nitrogen and oxygen atoms in total. The summed E-state index contributed by atoms with van der Waals surface area (Å²) >= 11 is 3.38. The van der Waals surface area contributed by atoms with Crippen LogP contribution in [0.15, 0.2) is 69.6 Å². The first-order valence-corrected chi connectivity index (χ1v) is 7.97. The van der Waals surface area contributed by atoms with Crippen molar-refractivity contribution in [3.63, 3.8) is 0 Å². The van der Waals surface area contributed by atoms with Crippen molar-refractivity contribution in [1.82, 2.24) is 0 Å². The van der Waals surface area contributed by atoms with Crippen molar-refractivity contribution in [2.75, 3.05) is 0 Å². The third-order valence-electron chi connectivity index (χ3n) is 3.50. The van der Waals surface area contributed by atoms with Crippen LogP contribution < -0.4 is 0 Å². The Morgan fingerprint density at radius 3 is 2.42 bits per heavy atom. The molecule has 4 heteroatoms. The molecule has 0 fully saturated rings. The lowest BCUT2D eigenvalue weighted by molar-refractivity contribution is 0.572. The smallest absolute Gasteiger partial charge is 0.136 e. The molecule has 0 saturated heterocycles. The van der Waals surface area contributed by atoms with Gasteiger partial charge in [-0.05, 0) is 48.0 Å². The Bertz CT molecular complexity index is 985. The highest BCUT2D eigenvalue weighted by Gasteiger charge is 2.09. The molecule has 0 atom stereocenters. The lowest BCUT2D eigenvalue weighted by Crippen LogP contribution is -1.81. The van der Waals surface area contributed by atoms with Crippen LogP contribution in [0.4, 0.5) is 0 Å². The standard InChI is InChI=1S/C20H11BrN2O/c21-17-7-5-14(6-8-17)16(13-23)11-18-9-10-20(24-18)19-4-2-1-3-15(19)12-22/h1-11H. The second kappa shape index (κ2) is 7.00. The summed E-state index contributed by atoms with van der Waals surface area (Å²) in [4.78, 5) is 0. The number of rotatable bonds is 3. The third kappa shape index (κ3) is 3.30. The van der Waals surface area contributed by atoms with Gasteiger partial charge in [-0.1, -0.05) is 40.2 Å². The number of benzene rings is 2. The quantitative estimate of drug-likeness (QED) is 0.556. The minimum absolute atomic E-state index is 0.511. The van der Waals surface area contributed by atoms with Crippen LogP contribution in [0, 0.1) is 22.7 Å². The van der Waals surface area contributed by atoms with Gasteiger partial charge in [0.2, 0.25) is 0 Å². The average Bonchev–Trinajstić information content (AvgIpc) is 3.09. The predicted octanol–water partition coefficient (Wildman–Crippen LogP) is 5.64. The van der Waals surface area contributed by atoms with Crippen molar-refractivity contribution < 1.29 is 4.42 Å². The van der Waals surface area contributed by atoms with E-state index < -0.39 is 0 Å². The van der Waals surface area contributed by atoms with E-state index in [9.17, 15) is 10.5 Å². The molecule has 0 amide bonds. The Morgan fingerprint density at radius 2 is 1.71 bits per heavy atom. The minimum Gasteiger partial charge on any atom is -0.457 e. The van der Waals surface area contributed by atoms with Crippen LogP contribution in [0.25, 0.3) is 23.0 Å². The van der Waals surface area contributed by atoms with Crippen molar-refractivity contribution in [2.24, 2.45) is 0 Å². The van der Waals surface area contributed by atoms with E-state index in [-0.39, 0.29) is 0 Å². The van der Waals surface area contributed by atoms with E-state index in [1.165, 1.54) is 0 Å². The van der Waals surface area contributed by atoms with Gasteiger partial charge in [0, 0.05) is 10.0 Å². The van der Waals surface area contributed by atoms with E-state index in [0.29, 0.717) is 22.7 Å². The molecule has 0 radical (unpaired) electrons. The molecule has 3 aromatic rings. The van der Waals surface area contributed by atoms with Crippen LogP contribution in [0.5, 0.6) is 0 Å².